The Morgan fingerprint density at radius 3 is 1.29 bits per heavy atom. The average molecular weight is 837 g/mol. The van der Waals surface area contributed by atoms with Crippen LogP contribution in [-0.4, -0.2) is 6.71 Å². The van der Waals surface area contributed by atoms with Crippen LogP contribution in [0.1, 0.15) is 37.5 Å². The SMILES string of the molecule is Cc1ccc2c(c1)B1c3cc(C)ccc3N(c3ccc(-c4cccc5c4oc4ccccc45)cc3)c3cc(C(C)(C)C)cc(c31)N2c1ccc(-c2cccc3c2oc2ccccc23)cc1. The Morgan fingerprint density at radius 1 is 0.415 bits per heavy atom. The number of anilines is 6. The molecule has 5 heteroatoms. The van der Waals surface area contributed by atoms with Crippen molar-refractivity contribution in [2.24, 2.45) is 0 Å². The van der Waals surface area contributed by atoms with Crippen molar-refractivity contribution in [2.75, 3.05) is 9.80 Å². The number of hydrogen-bond donors (Lipinski definition) is 0. The second kappa shape index (κ2) is 13.9. The van der Waals surface area contributed by atoms with Crippen LogP contribution in [0.15, 0.2) is 191 Å². The van der Waals surface area contributed by atoms with E-state index in [0.717, 1.165) is 77.5 Å². The molecule has 0 saturated carbocycles. The van der Waals surface area contributed by atoms with E-state index >= 15 is 0 Å². The molecule has 2 aromatic heterocycles. The molecule has 4 heterocycles. The highest BCUT2D eigenvalue weighted by Crippen LogP contribution is 2.47. The zero-order chi connectivity index (χ0) is 43.7. The van der Waals surface area contributed by atoms with Gasteiger partial charge in [-0.3, -0.25) is 0 Å². The molecule has 2 aliphatic heterocycles. The van der Waals surface area contributed by atoms with Gasteiger partial charge in [0.1, 0.15) is 22.3 Å². The monoisotopic (exact) mass is 836 g/mol. The molecule has 0 spiro atoms. The number of rotatable bonds is 4. The first-order valence-electron chi connectivity index (χ1n) is 22.7. The Kier molecular flexibility index (Phi) is 8.06. The van der Waals surface area contributed by atoms with Gasteiger partial charge in [0.2, 0.25) is 0 Å². The van der Waals surface area contributed by atoms with E-state index in [4.69, 9.17) is 8.83 Å². The summed E-state index contributed by atoms with van der Waals surface area (Å²) >= 11 is 0. The predicted molar refractivity (Wildman–Crippen MR) is 274 cm³/mol. The second-order valence-electron chi connectivity index (χ2n) is 19.1. The van der Waals surface area contributed by atoms with E-state index in [1.54, 1.807) is 0 Å². The van der Waals surface area contributed by atoms with Crippen molar-refractivity contribution in [3.05, 3.63) is 199 Å². The quantitative estimate of drug-likeness (QED) is 0.165. The van der Waals surface area contributed by atoms with Crippen LogP contribution in [0, 0.1) is 13.8 Å². The molecule has 310 valence electrons. The van der Waals surface area contributed by atoms with Crippen LogP contribution in [0.25, 0.3) is 66.1 Å². The van der Waals surface area contributed by atoms with Crippen LogP contribution in [0.2, 0.25) is 0 Å². The predicted octanol–water partition coefficient (Wildman–Crippen LogP) is 14.8. The van der Waals surface area contributed by atoms with E-state index in [9.17, 15) is 0 Å². The number of benzene rings is 9. The van der Waals surface area contributed by atoms with Gasteiger partial charge in [-0.15, -0.1) is 0 Å². The summed E-state index contributed by atoms with van der Waals surface area (Å²) in [5.74, 6) is 0. The number of aryl methyl sites for hydroxylation is 2. The molecule has 0 amide bonds. The lowest BCUT2D eigenvalue weighted by atomic mass is 9.33. The topological polar surface area (TPSA) is 32.8 Å². The first kappa shape index (κ1) is 37.8. The van der Waals surface area contributed by atoms with Crippen LogP contribution in [0.3, 0.4) is 0 Å². The molecule has 9 aromatic carbocycles. The van der Waals surface area contributed by atoms with E-state index < -0.39 is 0 Å². The molecule has 0 fully saturated rings. The van der Waals surface area contributed by atoms with Gasteiger partial charge in [-0.1, -0.05) is 153 Å². The third kappa shape index (κ3) is 5.71. The highest BCUT2D eigenvalue weighted by atomic mass is 16.3. The zero-order valence-corrected chi connectivity index (χ0v) is 37.1. The highest BCUT2D eigenvalue weighted by molar-refractivity contribution is 7.00. The number of hydrogen-bond acceptors (Lipinski definition) is 4. The molecule has 13 rings (SSSR count). The van der Waals surface area contributed by atoms with Gasteiger partial charge in [0.15, 0.2) is 0 Å². The number of fused-ring (bicyclic) bond motifs is 10. The standard InChI is InChI=1S/C60H45BN2O2/c1-36-20-30-51-49(32-36)61-50-33-37(2)21-31-52(50)63(42-28-24-39(25-29-42)44-15-11-17-48-46-13-7-9-19-56(46)65-59(44)48)54-35-40(60(3,4)5)34-53(57(54)61)62(51)41-26-22-38(23-27-41)43-14-10-16-47-45-12-6-8-18-55(45)64-58(43)47/h6-35H,1-5H3. The van der Waals surface area contributed by atoms with Gasteiger partial charge < -0.3 is 18.6 Å². The minimum absolute atomic E-state index is 0.0428. The summed E-state index contributed by atoms with van der Waals surface area (Å²) in [6, 6.07) is 66.7. The molecule has 0 N–H and O–H groups in total. The molecular formula is C60H45BN2O2. The minimum atomic E-state index is -0.121. The molecule has 2 aliphatic rings. The summed E-state index contributed by atoms with van der Waals surface area (Å²) in [4.78, 5) is 5.03. The third-order valence-corrected chi connectivity index (χ3v) is 13.9. The highest BCUT2D eigenvalue weighted by Gasteiger charge is 2.44. The minimum Gasteiger partial charge on any atom is -0.455 e. The van der Waals surface area contributed by atoms with E-state index in [-0.39, 0.29) is 12.1 Å². The summed E-state index contributed by atoms with van der Waals surface area (Å²) in [5, 5.41) is 4.55. The molecule has 0 unspecified atom stereocenters. The number of para-hydroxylation sites is 4. The van der Waals surface area contributed by atoms with Gasteiger partial charge in [0.05, 0.1) is 0 Å². The summed E-state index contributed by atoms with van der Waals surface area (Å²) in [6.45, 7) is 11.5. The normalized spacial score (nSPS) is 13.2. The lowest BCUT2D eigenvalue weighted by Crippen LogP contribution is -2.61. The Labute approximate surface area is 379 Å². The van der Waals surface area contributed by atoms with Crippen molar-refractivity contribution in [3.8, 4) is 22.3 Å². The third-order valence-electron chi connectivity index (χ3n) is 13.9. The van der Waals surface area contributed by atoms with Crippen molar-refractivity contribution in [3.63, 3.8) is 0 Å². The van der Waals surface area contributed by atoms with Crippen molar-refractivity contribution in [2.45, 2.75) is 40.0 Å². The van der Waals surface area contributed by atoms with Crippen LogP contribution in [0.5, 0.6) is 0 Å². The van der Waals surface area contributed by atoms with Crippen LogP contribution >= 0.6 is 0 Å². The molecule has 0 bridgehead atoms. The molecule has 11 aromatic rings. The Bertz CT molecular complexity index is 3500. The summed E-state index contributed by atoms with van der Waals surface area (Å²) in [6.07, 6.45) is 0. The lowest BCUT2D eigenvalue weighted by molar-refractivity contribution is 0.590. The lowest BCUT2D eigenvalue weighted by Gasteiger charge is -2.45. The largest absolute Gasteiger partial charge is 0.455 e. The van der Waals surface area contributed by atoms with E-state index in [2.05, 4.69) is 214 Å². The summed E-state index contributed by atoms with van der Waals surface area (Å²) in [7, 11) is 0. The van der Waals surface area contributed by atoms with Crippen LogP contribution < -0.4 is 26.2 Å². The first-order chi connectivity index (χ1) is 31.7. The summed E-state index contributed by atoms with van der Waals surface area (Å²) < 4.78 is 13.0. The van der Waals surface area contributed by atoms with Gasteiger partial charge in [0, 0.05) is 66.8 Å². The fourth-order valence-electron chi connectivity index (χ4n) is 10.8. The first-order valence-corrected chi connectivity index (χ1v) is 22.7. The fraction of sp³-hybridized carbons (Fsp3) is 0.100. The summed E-state index contributed by atoms with van der Waals surface area (Å²) in [5.41, 5.74) is 22.8. The van der Waals surface area contributed by atoms with Gasteiger partial charge >= 0.3 is 0 Å². The molecule has 65 heavy (non-hydrogen) atoms. The van der Waals surface area contributed by atoms with Crippen molar-refractivity contribution >= 4 is 101 Å². The van der Waals surface area contributed by atoms with Gasteiger partial charge in [-0.2, -0.15) is 0 Å². The smallest absolute Gasteiger partial charge is 0.252 e. The van der Waals surface area contributed by atoms with Crippen molar-refractivity contribution < 1.29 is 8.83 Å². The van der Waals surface area contributed by atoms with Crippen molar-refractivity contribution in [1.29, 1.82) is 0 Å². The van der Waals surface area contributed by atoms with E-state index in [1.807, 2.05) is 12.1 Å². The molecule has 0 atom stereocenters. The molecule has 4 nitrogen and oxygen atoms in total. The maximum absolute atomic E-state index is 6.50. The maximum atomic E-state index is 6.50. The number of nitrogens with zero attached hydrogens (tertiary/aromatic N) is 2. The van der Waals surface area contributed by atoms with E-state index in [0.29, 0.717) is 0 Å². The van der Waals surface area contributed by atoms with Crippen LogP contribution in [0.4, 0.5) is 34.1 Å². The second-order valence-corrected chi connectivity index (χ2v) is 19.1. The molecule has 0 saturated heterocycles. The Balaban J connectivity index is 0.998. The Morgan fingerprint density at radius 2 is 0.846 bits per heavy atom. The van der Waals surface area contributed by atoms with Gasteiger partial charge in [-0.05, 0) is 113 Å². The average Bonchev–Trinajstić information content (AvgIpc) is 3.90. The zero-order valence-electron chi connectivity index (χ0n) is 37.1. The number of furan rings is 2. The van der Waals surface area contributed by atoms with Gasteiger partial charge in [-0.25, -0.2) is 0 Å². The van der Waals surface area contributed by atoms with Crippen molar-refractivity contribution in [1.82, 2.24) is 0 Å². The molecular weight excluding hydrogens is 791 g/mol. The molecule has 0 radical (unpaired) electrons. The van der Waals surface area contributed by atoms with Crippen LogP contribution in [-0.2, 0) is 5.41 Å². The molecule has 0 aliphatic carbocycles. The van der Waals surface area contributed by atoms with E-state index in [1.165, 1.54) is 55.8 Å². The Hall–Kier alpha value is -7.76. The maximum Gasteiger partial charge on any atom is 0.252 e. The fourth-order valence-corrected chi connectivity index (χ4v) is 10.8. The van der Waals surface area contributed by atoms with Gasteiger partial charge in [0.25, 0.3) is 6.71 Å².